The number of carbonyl (C=O) groups excluding carboxylic acids is 1. The minimum Gasteiger partial charge on any atom is -0.396 e. The molecule has 0 aliphatic rings. The summed E-state index contributed by atoms with van der Waals surface area (Å²) in [7, 11) is 1.72. The van der Waals surface area contributed by atoms with Crippen molar-refractivity contribution in [2.45, 2.75) is 39.7 Å². The number of hydrogen-bond donors (Lipinski definition) is 1. The number of halogens is 1. The van der Waals surface area contributed by atoms with Gasteiger partial charge in [-0.1, -0.05) is 25.4 Å². The summed E-state index contributed by atoms with van der Waals surface area (Å²) in [6.07, 6.45) is 0.428. The summed E-state index contributed by atoms with van der Waals surface area (Å²) in [4.78, 5) is 27.3. The molecule has 158 valence electrons. The van der Waals surface area contributed by atoms with Crippen LogP contribution in [0.3, 0.4) is 0 Å². The highest BCUT2D eigenvalue weighted by atomic mass is 35.5. The zero-order valence-electron chi connectivity index (χ0n) is 17.8. The Morgan fingerprint density at radius 2 is 1.90 bits per heavy atom. The predicted molar refractivity (Wildman–Crippen MR) is 123 cm³/mol. The molecule has 0 bridgehead atoms. The molecule has 0 fully saturated rings. The van der Waals surface area contributed by atoms with Gasteiger partial charge in [0.2, 0.25) is 0 Å². The van der Waals surface area contributed by atoms with E-state index in [1.807, 2.05) is 39.0 Å². The lowest BCUT2D eigenvalue weighted by Crippen LogP contribution is -2.26. The molecule has 0 radical (unpaired) electrons. The molecule has 0 spiro atoms. The number of anilines is 1. The van der Waals surface area contributed by atoms with Gasteiger partial charge in [-0.3, -0.25) is 9.59 Å². The SMILES string of the molecule is CCn1c(=O)cc(C(C)C)c2cc(C(=O)N(C)c3ccc(Cl)c(CCO)c3)ccc21. The number of pyridine rings is 1. The fourth-order valence-corrected chi connectivity index (χ4v) is 3.95. The van der Waals surface area contributed by atoms with E-state index in [1.54, 1.807) is 40.8 Å². The Bertz CT molecular complexity index is 1150. The van der Waals surface area contributed by atoms with Gasteiger partial charge >= 0.3 is 0 Å². The van der Waals surface area contributed by atoms with E-state index in [0.29, 0.717) is 29.2 Å². The van der Waals surface area contributed by atoms with Gasteiger partial charge in [0, 0.05) is 47.9 Å². The third kappa shape index (κ3) is 4.13. The lowest BCUT2D eigenvalue weighted by molar-refractivity contribution is 0.0993. The van der Waals surface area contributed by atoms with E-state index in [-0.39, 0.29) is 24.0 Å². The number of aliphatic hydroxyl groups excluding tert-OH is 1. The van der Waals surface area contributed by atoms with Gasteiger partial charge in [0.15, 0.2) is 0 Å². The molecule has 3 aromatic rings. The van der Waals surface area contributed by atoms with E-state index in [2.05, 4.69) is 0 Å². The van der Waals surface area contributed by atoms with Crippen molar-refractivity contribution in [1.29, 1.82) is 0 Å². The van der Waals surface area contributed by atoms with Gasteiger partial charge in [-0.2, -0.15) is 0 Å². The van der Waals surface area contributed by atoms with E-state index < -0.39 is 0 Å². The summed E-state index contributed by atoms with van der Waals surface area (Å²) >= 11 is 6.19. The van der Waals surface area contributed by atoms with Crippen LogP contribution < -0.4 is 10.5 Å². The highest BCUT2D eigenvalue weighted by Gasteiger charge is 2.18. The minimum atomic E-state index is -0.155. The van der Waals surface area contributed by atoms with E-state index in [9.17, 15) is 14.7 Å². The monoisotopic (exact) mass is 426 g/mol. The molecule has 1 heterocycles. The lowest BCUT2D eigenvalue weighted by atomic mass is 9.97. The number of amides is 1. The van der Waals surface area contributed by atoms with Crippen LogP contribution in [0.5, 0.6) is 0 Å². The number of benzene rings is 2. The molecule has 1 amide bonds. The number of aromatic nitrogens is 1. The van der Waals surface area contributed by atoms with Crippen LogP contribution in [0.2, 0.25) is 5.02 Å². The van der Waals surface area contributed by atoms with Crippen LogP contribution in [0.15, 0.2) is 47.3 Å². The lowest BCUT2D eigenvalue weighted by Gasteiger charge is -2.20. The second-order valence-corrected chi connectivity index (χ2v) is 8.09. The molecule has 1 aromatic heterocycles. The Hall–Kier alpha value is -2.63. The fraction of sp³-hybridized carbons (Fsp3) is 0.333. The molecule has 5 nitrogen and oxygen atoms in total. The molecule has 0 aliphatic carbocycles. The molecule has 6 heteroatoms. The fourth-order valence-electron chi connectivity index (χ4n) is 3.74. The van der Waals surface area contributed by atoms with E-state index >= 15 is 0 Å². The third-order valence-electron chi connectivity index (χ3n) is 5.43. The van der Waals surface area contributed by atoms with Crippen LogP contribution in [0.1, 0.15) is 48.2 Å². The highest BCUT2D eigenvalue weighted by Crippen LogP contribution is 2.27. The zero-order valence-corrected chi connectivity index (χ0v) is 18.5. The molecular weight excluding hydrogens is 400 g/mol. The van der Waals surface area contributed by atoms with E-state index in [1.165, 1.54) is 0 Å². The van der Waals surface area contributed by atoms with Crippen LogP contribution in [-0.4, -0.2) is 29.2 Å². The molecule has 0 saturated heterocycles. The van der Waals surface area contributed by atoms with Crippen LogP contribution >= 0.6 is 11.6 Å². The Labute approximate surface area is 181 Å². The number of aryl methyl sites for hydroxylation is 1. The first-order valence-electron chi connectivity index (χ1n) is 10.1. The maximum absolute atomic E-state index is 13.2. The van der Waals surface area contributed by atoms with Crippen molar-refractivity contribution in [3.8, 4) is 0 Å². The molecule has 1 N–H and O–H groups in total. The number of carbonyl (C=O) groups is 1. The molecule has 2 aromatic carbocycles. The smallest absolute Gasteiger partial charge is 0.258 e. The van der Waals surface area contributed by atoms with Gasteiger partial charge in [-0.05, 0) is 66.8 Å². The van der Waals surface area contributed by atoms with Gasteiger partial charge in [0.25, 0.3) is 11.5 Å². The predicted octanol–water partition coefficient (Wildman–Crippen LogP) is 4.61. The molecule has 3 rings (SSSR count). The normalized spacial score (nSPS) is 11.3. The molecule has 30 heavy (non-hydrogen) atoms. The first-order valence-corrected chi connectivity index (χ1v) is 10.5. The number of fused-ring (bicyclic) bond motifs is 1. The molecule has 0 atom stereocenters. The molecule has 0 saturated carbocycles. The Morgan fingerprint density at radius 1 is 1.17 bits per heavy atom. The van der Waals surface area contributed by atoms with Gasteiger partial charge in [0.1, 0.15) is 0 Å². The van der Waals surface area contributed by atoms with Crippen LogP contribution in [0, 0.1) is 0 Å². The number of hydrogen-bond acceptors (Lipinski definition) is 3. The van der Waals surface area contributed by atoms with Crippen molar-refractivity contribution in [2.24, 2.45) is 0 Å². The van der Waals surface area contributed by atoms with Gasteiger partial charge in [-0.15, -0.1) is 0 Å². The average molecular weight is 427 g/mol. The van der Waals surface area contributed by atoms with Gasteiger partial charge < -0.3 is 14.6 Å². The molecule has 0 unspecified atom stereocenters. The number of nitrogens with zero attached hydrogens (tertiary/aromatic N) is 2. The van der Waals surface area contributed by atoms with E-state index in [0.717, 1.165) is 22.0 Å². The van der Waals surface area contributed by atoms with Crippen LogP contribution in [-0.2, 0) is 13.0 Å². The van der Waals surface area contributed by atoms with Crippen molar-refractivity contribution in [3.05, 3.63) is 74.5 Å². The highest BCUT2D eigenvalue weighted by molar-refractivity contribution is 6.31. The summed E-state index contributed by atoms with van der Waals surface area (Å²) in [5.41, 5.74) is 3.80. The van der Waals surface area contributed by atoms with E-state index in [4.69, 9.17) is 11.6 Å². The summed E-state index contributed by atoms with van der Waals surface area (Å²) in [5, 5.41) is 10.7. The second kappa shape index (κ2) is 9.02. The summed E-state index contributed by atoms with van der Waals surface area (Å²) in [5.74, 6) is 0.00483. The minimum absolute atomic E-state index is 0.0113. The first kappa shape index (κ1) is 22.1. The maximum Gasteiger partial charge on any atom is 0.258 e. The average Bonchev–Trinajstić information content (AvgIpc) is 2.73. The Kier molecular flexibility index (Phi) is 6.64. The van der Waals surface area contributed by atoms with Crippen molar-refractivity contribution < 1.29 is 9.90 Å². The molecular formula is C24H27ClN2O3. The first-order chi connectivity index (χ1) is 14.3. The van der Waals surface area contributed by atoms with Gasteiger partial charge in [0.05, 0.1) is 5.52 Å². The van der Waals surface area contributed by atoms with Crippen molar-refractivity contribution in [1.82, 2.24) is 4.57 Å². The van der Waals surface area contributed by atoms with Crippen LogP contribution in [0.25, 0.3) is 10.9 Å². The van der Waals surface area contributed by atoms with Crippen molar-refractivity contribution in [3.63, 3.8) is 0 Å². The standard InChI is InChI=1S/C24H27ClN2O3/c1-5-27-22-9-6-17(13-20(22)19(15(2)3)14-23(27)29)24(30)26(4)18-7-8-21(25)16(12-18)10-11-28/h6-9,12-15,28H,5,10-11H2,1-4H3. The van der Waals surface area contributed by atoms with Crippen LogP contribution in [0.4, 0.5) is 5.69 Å². The van der Waals surface area contributed by atoms with Crippen molar-refractivity contribution >= 4 is 34.1 Å². The van der Waals surface area contributed by atoms with Crippen molar-refractivity contribution in [2.75, 3.05) is 18.6 Å². The maximum atomic E-state index is 13.2. The largest absolute Gasteiger partial charge is 0.396 e. The quantitative estimate of drug-likeness (QED) is 0.626. The molecule has 0 aliphatic heterocycles. The summed E-state index contributed by atoms with van der Waals surface area (Å²) in [6, 6.07) is 12.5. The number of rotatable bonds is 6. The topological polar surface area (TPSA) is 62.5 Å². The zero-order chi connectivity index (χ0) is 22.0. The Balaban J connectivity index is 2.07. The second-order valence-electron chi connectivity index (χ2n) is 7.68. The summed E-state index contributed by atoms with van der Waals surface area (Å²) in [6.45, 7) is 6.58. The number of aliphatic hydroxyl groups is 1. The third-order valence-corrected chi connectivity index (χ3v) is 5.80. The summed E-state index contributed by atoms with van der Waals surface area (Å²) < 4.78 is 1.72. The Morgan fingerprint density at radius 3 is 2.53 bits per heavy atom. The van der Waals surface area contributed by atoms with Gasteiger partial charge in [-0.25, -0.2) is 0 Å².